The molecular formula is C25H24N4O5S. The molecular weight excluding hydrogens is 468 g/mol. The fourth-order valence-corrected chi connectivity index (χ4v) is 4.95. The SMILES string of the molecule is CCNS(=O)(=O)c1ccc(Cn2nc(NC(=O)C3COc4ccccc4O3)c3ccccc32)cc1. The van der Waals surface area contributed by atoms with Gasteiger partial charge in [-0.3, -0.25) is 9.48 Å². The third-order valence-corrected chi connectivity index (χ3v) is 7.16. The van der Waals surface area contributed by atoms with Gasteiger partial charge < -0.3 is 14.8 Å². The Morgan fingerprint density at radius 2 is 1.74 bits per heavy atom. The molecule has 0 radical (unpaired) electrons. The number of aromatic nitrogens is 2. The quantitative estimate of drug-likeness (QED) is 0.410. The van der Waals surface area contributed by atoms with Crippen LogP contribution in [-0.4, -0.2) is 43.4 Å². The second-order valence-corrected chi connectivity index (χ2v) is 9.79. The van der Waals surface area contributed by atoms with Gasteiger partial charge in [0.25, 0.3) is 5.91 Å². The lowest BCUT2D eigenvalue weighted by Gasteiger charge is -2.25. The standard InChI is InChI=1S/C25H24N4O5S/c1-2-26-35(31,32)18-13-11-17(12-14-18)15-29-20-8-4-3-7-19(20)24(28-29)27-25(30)23-16-33-21-9-5-6-10-22(21)34-23/h3-14,23,26H,2,15-16H2,1H3,(H,27,28,30). The smallest absolute Gasteiger partial charge is 0.270 e. The van der Waals surface area contributed by atoms with Crippen LogP contribution in [0.15, 0.2) is 77.7 Å². The third-order valence-electron chi connectivity index (χ3n) is 5.60. The Morgan fingerprint density at radius 1 is 1.03 bits per heavy atom. The van der Waals surface area contributed by atoms with Crippen molar-refractivity contribution in [2.75, 3.05) is 18.5 Å². The summed E-state index contributed by atoms with van der Waals surface area (Å²) in [5, 5.41) is 8.28. The monoisotopic (exact) mass is 492 g/mol. The summed E-state index contributed by atoms with van der Waals surface area (Å²) in [5.41, 5.74) is 1.70. The second kappa shape index (κ2) is 9.40. The lowest BCUT2D eigenvalue weighted by atomic mass is 10.2. The summed E-state index contributed by atoms with van der Waals surface area (Å²) in [5.74, 6) is 1.19. The molecule has 2 heterocycles. The first-order valence-electron chi connectivity index (χ1n) is 11.2. The van der Waals surface area contributed by atoms with E-state index in [4.69, 9.17) is 9.47 Å². The first-order chi connectivity index (χ1) is 16.9. The molecule has 4 aromatic rings. The molecule has 180 valence electrons. The lowest BCUT2D eigenvalue weighted by Crippen LogP contribution is -2.40. The highest BCUT2D eigenvalue weighted by Gasteiger charge is 2.28. The van der Waals surface area contributed by atoms with Gasteiger partial charge in [0.05, 0.1) is 17.0 Å². The largest absolute Gasteiger partial charge is 0.485 e. The number of carbonyl (C=O) groups excluding carboxylic acids is 1. The van der Waals surface area contributed by atoms with E-state index in [0.29, 0.717) is 30.4 Å². The van der Waals surface area contributed by atoms with Crippen LogP contribution in [0.1, 0.15) is 12.5 Å². The summed E-state index contributed by atoms with van der Waals surface area (Å²) < 4.78 is 40.1. The average Bonchev–Trinajstić information content (AvgIpc) is 3.21. The number of fused-ring (bicyclic) bond motifs is 2. The Labute approximate surface area is 202 Å². The van der Waals surface area contributed by atoms with E-state index in [1.807, 2.05) is 36.4 Å². The average molecular weight is 493 g/mol. The van der Waals surface area contributed by atoms with Gasteiger partial charge in [-0.1, -0.05) is 43.3 Å². The summed E-state index contributed by atoms with van der Waals surface area (Å²) in [6, 6.07) is 21.4. The van der Waals surface area contributed by atoms with Gasteiger partial charge >= 0.3 is 0 Å². The number of nitrogens with one attached hydrogen (secondary N) is 2. The first-order valence-corrected chi connectivity index (χ1v) is 12.7. The number of hydrogen-bond donors (Lipinski definition) is 2. The molecule has 1 aliphatic rings. The van der Waals surface area contributed by atoms with Crippen LogP contribution >= 0.6 is 0 Å². The summed E-state index contributed by atoms with van der Waals surface area (Å²) in [7, 11) is -3.52. The molecule has 1 aliphatic heterocycles. The third kappa shape index (κ3) is 4.71. The molecule has 1 aromatic heterocycles. The number of para-hydroxylation sites is 3. The van der Waals surface area contributed by atoms with Crippen molar-refractivity contribution in [1.29, 1.82) is 0 Å². The van der Waals surface area contributed by atoms with E-state index < -0.39 is 16.1 Å². The topological polar surface area (TPSA) is 112 Å². The molecule has 0 bridgehead atoms. The number of amides is 1. The van der Waals surface area contributed by atoms with Crippen LogP contribution in [0, 0.1) is 0 Å². The highest BCUT2D eigenvalue weighted by molar-refractivity contribution is 7.89. The molecule has 0 saturated carbocycles. The van der Waals surface area contributed by atoms with Crippen molar-refractivity contribution in [1.82, 2.24) is 14.5 Å². The number of rotatable bonds is 7. The number of hydrogen-bond acceptors (Lipinski definition) is 6. The minimum atomic E-state index is -3.52. The Morgan fingerprint density at radius 3 is 2.51 bits per heavy atom. The Kier molecular flexibility index (Phi) is 6.14. The van der Waals surface area contributed by atoms with Crippen LogP contribution in [0.2, 0.25) is 0 Å². The molecule has 2 N–H and O–H groups in total. The van der Waals surface area contributed by atoms with Gasteiger partial charge in [0, 0.05) is 11.9 Å². The van der Waals surface area contributed by atoms with Crippen molar-refractivity contribution in [3.05, 3.63) is 78.4 Å². The molecule has 0 fully saturated rings. The van der Waals surface area contributed by atoms with Crippen molar-refractivity contribution in [2.45, 2.75) is 24.5 Å². The predicted octanol–water partition coefficient (Wildman–Crippen LogP) is 3.16. The predicted molar refractivity (Wildman–Crippen MR) is 131 cm³/mol. The molecule has 1 atom stereocenters. The maximum absolute atomic E-state index is 12.9. The van der Waals surface area contributed by atoms with Crippen LogP contribution in [0.4, 0.5) is 5.82 Å². The number of ether oxygens (including phenoxy) is 2. The van der Waals surface area contributed by atoms with Crippen LogP contribution in [0.5, 0.6) is 11.5 Å². The highest BCUT2D eigenvalue weighted by atomic mass is 32.2. The Bertz CT molecular complexity index is 1480. The molecule has 1 unspecified atom stereocenters. The normalized spacial score (nSPS) is 15.2. The first kappa shape index (κ1) is 22.9. The summed E-state index contributed by atoms with van der Waals surface area (Å²) in [4.78, 5) is 13.2. The highest BCUT2D eigenvalue weighted by Crippen LogP contribution is 2.31. The van der Waals surface area contributed by atoms with Gasteiger partial charge in [-0.05, 0) is 42.0 Å². The minimum absolute atomic E-state index is 0.101. The van der Waals surface area contributed by atoms with Crippen molar-refractivity contribution in [2.24, 2.45) is 0 Å². The molecule has 0 saturated heterocycles. The van der Waals surface area contributed by atoms with Crippen molar-refractivity contribution in [3.63, 3.8) is 0 Å². The van der Waals surface area contributed by atoms with E-state index in [1.165, 1.54) is 0 Å². The minimum Gasteiger partial charge on any atom is -0.485 e. The van der Waals surface area contributed by atoms with E-state index in [1.54, 1.807) is 48.0 Å². The van der Waals surface area contributed by atoms with E-state index >= 15 is 0 Å². The lowest BCUT2D eigenvalue weighted by molar-refractivity contribution is -0.125. The van der Waals surface area contributed by atoms with Crippen molar-refractivity contribution >= 4 is 32.7 Å². The zero-order valence-corrected chi connectivity index (χ0v) is 19.8. The second-order valence-electron chi connectivity index (χ2n) is 8.02. The van der Waals surface area contributed by atoms with Gasteiger partial charge in [0.1, 0.15) is 6.61 Å². The zero-order chi connectivity index (χ0) is 24.4. The Hall–Kier alpha value is -3.89. The molecule has 0 spiro atoms. The maximum atomic E-state index is 12.9. The van der Waals surface area contributed by atoms with Gasteiger partial charge in [-0.25, -0.2) is 13.1 Å². The van der Waals surface area contributed by atoms with Crippen molar-refractivity contribution in [3.8, 4) is 11.5 Å². The number of benzene rings is 3. The zero-order valence-electron chi connectivity index (χ0n) is 19.0. The fourth-order valence-electron chi connectivity index (χ4n) is 3.91. The molecule has 1 amide bonds. The van der Waals surface area contributed by atoms with E-state index in [0.717, 1.165) is 16.5 Å². The molecule has 5 rings (SSSR count). The Balaban J connectivity index is 1.36. The molecule has 3 aromatic carbocycles. The molecule has 35 heavy (non-hydrogen) atoms. The van der Waals surface area contributed by atoms with Crippen LogP contribution in [0.3, 0.4) is 0 Å². The summed E-state index contributed by atoms with van der Waals surface area (Å²) in [6.07, 6.45) is -0.806. The van der Waals surface area contributed by atoms with Gasteiger partial charge in [-0.15, -0.1) is 0 Å². The van der Waals surface area contributed by atoms with E-state index in [2.05, 4.69) is 15.1 Å². The van der Waals surface area contributed by atoms with Crippen molar-refractivity contribution < 1.29 is 22.7 Å². The number of sulfonamides is 1. The molecule has 9 nitrogen and oxygen atoms in total. The van der Waals surface area contributed by atoms with E-state index in [-0.39, 0.29) is 17.4 Å². The summed E-state index contributed by atoms with van der Waals surface area (Å²) >= 11 is 0. The van der Waals surface area contributed by atoms with Gasteiger partial charge in [0.2, 0.25) is 16.1 Å². The number of anilines is 1. The van der Waals surface area contributed by atoms with Gasteiger partial charge in [0.15, 0.2) is 17.3 Å². The summed E-state index contributed by atoms with van der Waals surface area (Å²) in [6.45, 7) is 2.55. The molecule has 10 heteroatoms. The number of carbonyl (C=O) groups is 1. The van der Waals surface area contributed by atoms with E-state index in [9.17, 15) is 13.2 Å². The maximum Gasteiger partial charge on any atom is 0.270 e. The van der Waals surface area contributed by atoms with Crippen LogP contribution < -0.4 is 19.5 Å². The fraction of sp³-hybridized carbons (Fsp3) is 0.200. The van der Waals surface area contributed by atoms with Gasteiger partial charge in [-0.2, -0.15) is 5.10 Å². The molecule has 0 aliphatic carbocycles. The number of nitrogens with zero attached hydrogens (tertiary/aromatic N) is 2. The van der Waals surface area contributed by atoms with Crippen LogP contribution in [0.25, 0.3) is 10.9 Å². The van der Waals surface area contributed by atoms with Crippen LogP contribution in [-0.2, 0) is 21.4 Å².